The average Bonchev–Trinajstić information content (AvgIpc) is 3.07. The summed E-state index contributed by atoms with van der Waals surface area (Å²) >= 11 is 0. The molecule has 0 spiro atoms. The maximum Gasteiger partial charge on any atom is 0.351 e. The van der Waals surface area contributed by atoms with Crippen LogP contribution in [0.2, 0.25) is 0 Å². The third-order valence-electron chi connectivity index (χ3n) is 4.72. The topological polar surface area (TPSA) is 93.5 Å². The van der Waals surface area contributed by atoms with E-state index < -0.39 is 17.7 Å². The van der Waals surface area contributed by atoms with E-state index in [4.69, 9.17) is 9.84 Å². The van der Waals surface area contributed by atoms with Crippen molar-refractivity contribution < 1.29 is 19.0 Å². The van der Waals surface area contributed by atoms with Gasteiger partial charge in [-0.15, -0.1) is 0 Å². The van der Waals surface area contributed by atoms with Crippen LogP contribution in [0, 0.1) is 11.7 Å². The molecule has 7 nitrogen and oxygen atoms in total. The second kappa shape index (κ2) is 7.40. The van der Waals surface area contributed by atoms with E-state index >= 15 is 0 Å². The fourth-order valence-corrected chi connectivity index (χ4v) is 3.35. The molecule has 2 fully saturated rings. The number of carbonyl (C=O) groups is 1. The summed E-state index contributed by atoms with van der Waals surface area (Å²) in [5.41, 5.74) is -0.682. The number of rotatable bonds is 4. The van der Waals surface area contributed by atoms with E-state index in [1.54, 1.807) is 0 Å². The van der Waals surface area contributed by atoms with Gasteiger partial charge in [0.25, 0.3) is 0 Å². The third kappa shape index (κ3) is 3.64. The van der Waals surface area contributed by atoms with Crippen molar-refractivity contribution in [1.29, 1.82) is 0 Å². The predicted molar refractivity (Wildman–Crippen MR) is 83.9 cm³/mol. The Kier molecular flexibility index (Phi) is 5.25. The molecule has 2 N–H and O–H groups in total. The van der Waals surface area contributed by atoms with E-state index in [0.717, 1.165) is 42.9 Å². The molecule has 0 aromatic carbocycles. The van der Waals surface area contributed by atoms with Crippen molar-refractivity contribution in [2.75, 3.05) is 11.9 Å². The van der Waals surface area contributed by atoms with E-state index in [1.165, 1.54) is 0 Å². The van der Waals surface area contributed by atoms with Gasteiger partial charge in [0.05, 0.1) is 18.9 Å². The zero-order valence-electron chi connectivity index (χ0n) is 13.4. The van der Waals surface area contributed by atoms with E-state index in [-0.39, 0.29) is 30.4 Å². The smallest absolute Gasteiger partial charge is 0.351 e. The number of ether oxygens (including phenoxy) is 1. The van der Waals surface area contributed by atoms with Crippen LogP contribution < -0.4 is 11.0 Å². The molecule has 0 bridgehead atoms. The van der Waals surface area contributed by atoms with Gasteiger partial charge in [-0.25, -0.2) is 9.18 Å². The molecule has 1 amide bonds. The lowest BCUT2D eigenvalue weighted by Gasteiger charge is -2.21. The third-order valence-corrected chi connectivity index (χ3v) is 4.72. The molecule has 3 rings (SSSR count). The first kappa shape index (κ1) is 17.0. The molecule has 1 aromatic rings. The molecule has 132 valence electrons. The highest BCUT2D eigenvalue weighted by Crippen LogP contribution is 2.28. The number of carbonyl (C=O) groups excluding carboxylic acids is 1. The van der Waals surface area contributed by atoms with Crippen LogP contribution in [0.4, 0.5) is 10.2 Å². The maximum atomic E-state index is 14.2. The van der Waals surface area contributed by atoms with Crippen LogP contribution in [0.25, 0.3) is 0 Å². The first-order valence-electron chi connectivity index (χ1n) is 8.44. The molecule has 1 saturated heterocycles. The van der Waals surface area contributed by atoms with Crippen LogP contribution in [0.1, 0.15) is 51.2 Å². The van der Waals surface area contributed by atoms with Gasteiger partial charge >= 0.3 is 5.69 Å². The highest BCUT2D eigenvalue weighted by Gasteiger charge is 2.28. The molecule has 0 radical (unpaired) electrons. The Labute approximate surface area is 138 Å². The van der Waals surface area contributed by atoms with Crippen molar-refractivity contribution in [2.45, 2.75) is 57.3 Å². The van der Waals surface area contributed by atoms with Gasteiger partial charge in [-0.1, -0.05) is 19.3 Å². The molecule has 1 aromatic heterocycles. The summed E-state index contributed by atoms with van der Waals surface area (Å²) in [7, 11) is 0. The lowest BCUT2D eigenvalue weighted by molar-refractivity contribution is -0.120. The zero-order chi connectivity index (χ0) is 17.1. The van der Waals surface area contributed by atoms with Crippen molar-refractivity contribution >= 4 is 11.7 Å². The van der Waals surface area contributed by atoms with E-state index in [2.05, 4.69) is 10.3 Å². The van der Waals surface area contributed by atoms with Gasteiger partial charge in [0.15, 0.2) is 11.6 Å². The summed E-state index contributed by atoms with van der Waals surface area (Å²) in [6.07, 6.45) is 5.76. The summed E-state index contributed by atoms with van der Waals surface area (Å²) in [5, 5.41) is 11.5. The first-order chi connectivity index (χ1) is 11.6. The van der Waals surface area contributed by atoms with Crippen molar-refractivity contribution in [3.05, 3.63) is 22.5 Å². The summed E-state index contributed by atoms with van der Waals surface area (Å²) < 4.78 is 20.8. The number of halogens is 1. The lowest BCUT2D eigenvalue weighted by Crippen LogP contribution is -2.31. The van der Waals surface area contributed by atoms with Gasteiger partial charge in [0.2, 0.25) is 5.91 Å². The SMILES string of the molecule is O=C(Nc1nc(=O)n(C2CCC(CO)O2)cc1F)C1CCCCC1. The van der Waals surface area contributed by atoms with E-state index in [9.17, 15) is 14.0 Å². The molecular formula is C16H22FN3O4. The number of anilines is 1. The molecule has 2 aliphatic rings. The molecule has 1 aliphatic heterocycles. The Balaban J connectivity index is 1.72. The summed E-state index contributed by atoms with van der Waals surface area (Å²) in [6.45, 7) is -0.142. The van der Waals surface area contributed by atoms with Crippen LogP contribution in [0.3, 0.4) is 0 Å². The van der Waals surface area contributed by atoms with Gasteiger partial charge in [-0.05, 0) is 25.7 Å². The lowest BCUT2D eigenvalue weighted by atomic mass is 9.89. The van der Waals surface area contributed by atoms with E-state index in [0.29, 0.717) is 12.8 Å². The van der Waals surface area contributed by atoms with Crippen LogP contribution in [0.15, 0.2) is 11.0 Å². The minimum Gasteiger partial charge on any atom is -0.394 e. The molecule has 8 heteroatoms. The number of aromatic nitrogens is 2. The highest BCUT2D eigenvalue weighted by atomic mass is 19.1. The number of nitrogens with one attached hydrogen (secondary N) is 1. The summed E-state index contributed by atoms with van der Waals surface area (Å²) in [6, 6.07) is 0. The predicted octanol–water partition coefficient (Wildman–Crippen LogP) is 1.57. The fraction of sp³-hybridized carbons (Fsp3) is 0.688. The standard InChI is InChI=1S/C16H22FN3O4/c17-12-8-20(13-7-6-11(9-21)24-13)16(23)19-14(12)18-15(22)10-4-2-1-3-5-10/h8,10-11,13,21H,1-7,9H2,(H,18,19,22,23). The second-order valence-corrected chi connectivity index (χ2v) is 6.42. The Hall–Kier alpha value is -1.80. The van der Waals surface area contributed by atoms with Gasteiger partial charge in [-0.2, -0.15) is 4.98 Å². The van der Waals surface area contributed by atoms with Crippen LogP contribution >= 0.6 is 0 Å². The maximum absolute atomic E-state index is 14.2. The van der Waals surface area contributed by atoms with Gasteiger partial charge < -0.3 is 15.2 Å². The fourth-order valence-electron chi connectivity index (χ4n) is 3.35. The molecular weight excluding hydrogens is 317 g/mol. The van der Waals surface area contributed by atoms with Gasteiger partial charge in [0, 0.05) is 5.92 Å². The van der Waals surface area contributed by atoms with Gasteiger partial charge in [-0.3, -0.25) is 9.36 Å². The monoisotopic (exact) mass is 339 g/mol. The largest absolute Gasteiger partial charge is 0.394 e. The number of nitrogens with zero attached hydrogens (tertiary/aromatic N) is 2. The van der Waals surface area contributed by atoms with Crippen molar-refractivity contribution in [3.63, 3.8) is 0 Å². The van der Waals surface area contributed by atoms with Crippen LogP contribution in [0.5, 0.6) is 0 Å². The van der Waals surface area contributed by atoms with Crippen molar-refractivity contribution in [1.82, 2.24) is 9.55 Å². The number of amides is 1. The Morgan fingerprint density at radius 1 is 1.33 bits per heavy atom. The van der Waals surface area contributed by atoms with E-state index in [1.807, 2.05) is 0 Å². The van der Waals surface area contributed by atoms with Crippen LogP contribution in [-0.4, -0.2) is 33.3 Å². The van der Waals surface area contributed by atoms with Gasteiger partial charge in [0.1, 0.15) is 6.23 Å². The number of aliphatic hydroxyl groups excluding tert-OH is 1. The quantitative estimate of drug-likeness (QED) is 0.868. The minimum atomic E-state index is -0.769. The molecule has 2 unspecified atom stereocenters. The normalized spacial score (nSPS) is 24.9. The Morgan fingerprint density at radius 3 is 2.75 bits per heavy atom. The first-order valence-corrected chi connectivity index (χ1v) is 8.44. The molecule has 2 heterocycles. The average molecular weight is 339 g/mol. The van der Waals surface area contributed by atoms with Crippen molar-refractivity contribution in [3.8, 4) is 0 Å². The molecule has 1 saturated carbocycles. The Bertz CT molecular complexity index is 657. The van der Waals surface area contributed by atoms with Crippen LogP contribution in [-0.2, 0) is 9.53 Å². The number of aliphatic hydroxyl groups is 1. The Morgan fingerprint density at radius 2 is 2.08 bits per heavy atom. The van der Waals surface area contributed by atoms with Crippen molar-refractivity contribution in [2.24, 2.45) is 5.92 Å². The number of hydrogen-bond donors (Lipinski definition) is 2. The molecule has 24 heavy (non-hydrogen) atoms. The highest BCUT2D eigenvalue weighted by molar-refractivity contribution is 5.91. The summed E-state index contributed by atoms with van der Waals surface area (Å²) in [5.74, 6) is -1.53. The molecule has 2 atom stereocenters. The summed E-state index contributed by atoms with van der Waals surface area (Å²) in [4.78, 5) is 28.0. The molecule has 1 aliphatic carbocycles. The second-order valence-electron chi connectivity index (χ2n) is 6.42. The zero-order valence-corrected chi connectivity index (χ0v) is 13.4. The minimum absolute atomic E-state index is 0.142. The number of hydrogen-bond acceptors (Lipinski definition) is 5.